The Kier molecular flexibility index (Phi) is 4.42. The number of urea groups is 1. The maximum absolute atomic E-state index is 11.6. The summed E-state index contributed by atoms with van der Waals surface area (Å²) in [4.78, 5) is 11.6. The molecule has 0 saturated heterocycles. The Morgan fingerprint density at radius 2 is 2.06 bits per heavy atom. The number of methoxy groups -OCH3 is 1. The van der Waals surface area contributed by atoms with Crippen LogP contribution in [0.15, 0.2) is 18.2 Å². The summed E-state index contributed by atoms with van der Waals surface area (Å²) in [6.07, 6.45) is 0. The van der Waals surface area contributed by atoms with Crippen molar-refractivity contribution in [2.75, 3.05) is 7.11 Å². The van der Waals surface area contributed by atoms with E-state index in [0.29, 0.717) is 12.3 Å². The number of carbonyl (C=O) groups excluding carboxylic acids is 1. The summed E-state index contributed by atoms with van der Waals surface area (Å²) in [5.74, 6) is 0.478. The SMILES string of the molecule is COc1cc(CNC(=O)NC(C)(C)C)ccc1O. The van der Waals surface area contributed by atoms with Crippen LogP contribution in [-0.2, 0) is 6.54 Å². The van der Waals surface area contributed by atoms with Crippen LogP contribution in [0.5, 0.6) is 11.5 Å². The molecule has 3 N–H and O–H groups in total. The zero-order chi connectivity index (χ0) is 13.8. The normalized spacial score (nSPS) is 10.9. The Labute approximate surface area is 107 Å². The van der Waals surface area contributed by atoms with Gasteiger partial charge in [0.2, 0.25) is 0 Å². The molecule has 5 heteroatoms. The molecule has 0 aliphatic heterocycles. The van der Waals surface area contributed by atoms with Gasteiger partial charge in [-0.25, -0.2) is 4.79 Å². The minimum atomic E-state index is -0.267. The van der Waals surface area contributed by atoms with Gasteiger partial charge in [0, 0.05) is 12.1 Å². The van der Waals surface area contributed by atoms with Crippen molar-refractivity contribution in [1.82, 2.24) is 10.6 Å². The number of phenolic OH excluding ortho intramolecular Hbond substituents is 1. The maximum atomic E-state index is 11.6. The van der Waals surface area contributed by atoms with Crippen LogP contribution >= 0.6 is 0 Å². The zero-order valence-corrected chi connectivity index (χ0v) is 11.2. The standard InChI is InChI=1S/C13H20N2O3/c1-13(2,3)15-12(17)14-8-9-5-6-10(16)11(7-9)18-4/h5-7,16H,8H2,1-4H3,(H2,14,15,17). The van der Waals surface area contributed by atoms with Gasteiger partial charge in [0.1, 0.15) is 0 Å². The third-order valence-corrected chi connectivity index (χ3v) is 2.19. The van der Waals surface area contributed by atoms with Crippen molar-refractivity contribution in [2.45, 2.75) is 32.9 Å². The van der Waals surface area contributed by atoms with Crippen molar-refractivity contribution in [3.63, 3.8) is 0 Å². The van der Waals surface area contributed by atoms with E-state index in [-0.39, 0.29) is 17.3 Å². The first-order valence-corrected chi connectivity index (χ1v) is 5.74. The summed E-state index contributed by atoms with van der Waals surface area (Å²) in [6.45, 7) is 6.11. The minimum absolute atomic E-state index is 0.0837. The van der Waals surface area contributed by atoms with Gasteiger partial charge in [0.25, 0.3) is 0 Å². The number of nitrogens with one attached hydrogen (secondary N) is 2. The molecule has 2 amide bonds. The van der Waals surface area contributed by atoms with Crippen molar-refractivity contribution < 1.29 is 14.6 Å². The fourth-order valence-electron chi connectivity index (χ4n) is 1.40. The number of hydrogen-bond donors (Lipinski definition) is 3. The summed E-state index contributed by atoms with van der Waals surface area (Å²) < 4.78 is 4.99. The highest BCUT2D eigenvalue weighted by atomic mass is 16.5. The molecule has 0 atom stereocenters. The minimum Gasteiger partial charge on any atom is -0.504 e. The molecule has 0 unspecified atom stereocenters. The van der Waals surface area contributed by atoms with Gasteiger partial charge in [-0.3, -0.25) is 0 Å². The Morgan fingerprint density at radius 1 is 1.39 bits per heavy atom. The van der Waals surface area contributed by atoms with Crippen LogP contribution in [0.2, 0.25) is 0 Å². The summed E-state index contributed by atoms with van der Waals surface area (Å²) in [7, 11) is 1.48. The number of ether oxygens (including phenoxy) is 1. The Morgan fingerprint density at radius 3 is 2.61 bits per heavy atom. The summed E-state index contributed by atoms with van der Waals surface area (Å²) >= 11 is 0. The van der Waals surface area contributed by atoms with E-state index >= 15 is 0 Å². The lowest BCUT2D eigenvalue weighted by atomic mass is 10.1. The van der Waals surface area contributed by atoms with Gasteiger partial charge in [0.05, 0.1) is 7.11 Å². The molecule has 0 bridgehead atoms. The van der Waals surface area contributed by atoms with E-state index in [1.165, 1.54) is 13.2 Å². The molecule has 18 heavy (non-hydrogen) atoms. The summed E-state index contributed by atoms with van der Waals surface area (Å²) in [6, 6.07) is 4.73. The second-order valence-electron chi connectivity index (χ2n) is 5.06. The van der Waals surface area contributed by atoms with E-state index in [2.05, 4.69) is 10.6 Å². The fourth-order valence-corrected chi connectivity index (χ4v) is 1.40. The van der Waals surface area contributed by atoms with Gasteiger partial charge in [0.15, 0.2) is 11.5 Å². The molecule has 0 aliphatic rings. The van der Waals surface area contributed by atoms with Crippen LogP contribution in [0.3, 0.4) is 0 Å². The van der Waals surface area contributed by atoms with Crippen LogP contribution < -0.4 is 15.4 Å². The van der Waals surface area contributed by atoms with Crippen molar-refractivity contribution >= 4 is 6.03 Å². The van der Waals surface area contributed by atoms with Crippen molar-refractivity contribution in [3.8, 4) is 11.5 Å². The van der Waals surface area contributed by atoms with Crippen LogP contribution in [0.25, 0.3) is 0 Å². The van der Waals surface area contributed by atoms with Crippen LogP contribution in [0.1, 0.15) is 26.3 Å². The molecule has 0 radical (unpaired) electrons. The number of rotatable bonds is 3. The van der Waals surface area contributed by atoms with Crippen LogP contribution in [-0.4, -0.2) is 23.8 Å². The topological polar surface area (TPSA) is 70.6 Å². The van der Waals surface area contributed by atoms with Gasteiger partial charge in [-0.2, -0.15) is 0 Å². The lowest BCUT2D eigenvalue weighted by Gasteiger charge is -2.20. The smallest absolute Gasteiger partial charge is 0.315 e. The number of benzene rings is 1. The third kappa shape index (κ3) is 4.53. The largest absolute Gasteiger partial charge is 0.504 e. The fraction of sp³-hybridized carbons (Fsp3) is 0.462. The van der Waals surface area contributed by atoms with Gasteiger partial charge in [-0.1, -0.05) is 6.07 Å². The number of aromatic hydroxyl groups is 1. The average Bonchev–Trinajstić information content (AvgIpc) is 2.25. The molecule has 1 aromatic carbocycles. The van der Waals surface area contributed by atoms with Crippen LogP contribution in [0.4, 0.5) is 4.79 Å². The lowest BCUT2D eigenvalue weighted by Crippen LogP contribution is -2.46. The van der Waals surface area contributed by atoms with E-state index in [9.17, 15) is 9.90 Å². The Balaban J connectivity index is 2.56. The molecule has 0 fully saturated rings. The van der Waals surface area contributed by atoms with E-state index in [1.54, 1.807) is 12.1 Å². The quantitative estimate of drug-likeness (QED) is 0.770. The van der Waals surface area contributed by atoms with Crippen LogP contribution in [0, 0.1) is 0 Å². The van der Waals surface area contributed by atoms with Gasteiger partial charge in [-0.05, 0) is 38.5 Å². The lowest BCUT2D eigenvalue weighted by molar-refractivity contribution is 0.231. The molecule has 0 saturated carbocycles. The van der Waals surface area contributed by atoms with E-state index < -0.39 is 0 Å². The molecule has 1 aromatic rings. The Hall–Kier alpha value is -1.91. The number of carbonyl (C=O) groups is 1. The second-order valence-corrected chi connectivity index (χ2v) is 5.06. The highest BCUT2D eigenvalue weighted by Crippen LogP contribution is 2.26. The molecule has 0 heterocycles. The van der Waals surface area contributed by atoms with Crippen molar-refractivity contribution in [3.05, 3.63) is 23.8 Å². The second kappa shape index (κ2) is 5.62. The highest BCUT2D eigenvalue weighted by molar-refractivity contribution is 5.74. The van der Waals surface area contributed by atoms with E-state index in [4.69, 9.17) is 4.74 Å². The first-order valence-electron chi connectivity index (χ1n) is 5.74. The molecule has 1 rings (SSSR count). The maximum Gasteiger partial charge on any atom is 0.315 e. The molecule has 0 spiro atoms. The van der Waals surface area contributed by atoms with Gasteiger partial charge < -0.3 is 20.5 Å². The molecule has 5 nitrogen and oxygen atoms in total. The zero-order valence-electron chi connectivity index (χ0n) is 11.2. The number of amides is 2. The average molecular weight is 252 g/mol. The predicted octanol–water partition coefficient (Wildman–Crippen LogP) is 2.00. The molecule has 0 aromatic heterocycles. The number of hydrogen-bond acceptors (Lipinski definition) is 3. The first kappa shape index (κ1) is 14.2. The number of phenols is 1. The molecular weight excluding hydrogens is 232 g/mol. The third-order valence-electron chi connectivity index (χ3n) is 2.19. The van der Waals surface area contributed by atoms with Gasteiger partial charge in [-0.15, -0.1) is 0 Å². The molecular formula is C13H20N2O3. The van der Waals surface area contributed by atoms with Crippen molar-refractivity contribution in [1.29, 1.82) is 0 Å². The van der Waals surface area contributed by atoms with Gasteiger partial charge >= 0.3 is 6.03 Å². The summed E-state index contributed by atoms with van der Waals surface area (Å²) in [5, 5.41) is 15.0. The summed E-state index contributed by atoms with van der Waals surface area (Å²) in [5.41, 5.74) is 0.588. The Bertz CT molecular complexity index is 425. The van der Waals surface area contributed by atoms with Crippen molar-refractivity contribution in [2.24, 2.45) is 0 Å². The predicted molar refractivity (Wildman–Crippen MR) is 69.8 cm³/mol. The highest BCUT2D eigenvalue weighted by Gasteiger charge is 2.13. The molecule has 100 valence electrons. The van der Waals surface area contributed by atoms with E-state index in [0.717, 1.165) is 5.56 Å². The first-order chi connectivity index (χ1) is 8.31. The van der Waals surface area contributed by atoms with E-state index in [1.807, 2.05) is 20.8 Å². The molecule has 0 aliphatic carbocycles. The monoisotopic (exact) mass is 252 g/mol.